The summed E-state index contributed by atoms with van der Waals surface area (Å²) in [4.78, 5) is 8.70. The van der Waals surface area contributed by atoms with Crippen molar-refractivity contribution in [2.24, 2.45) is 0 Å². The third-order valence-corrected chi connectivity index (χ3v) is 4.91. The third kappa shape index (κ3) is 4.11. The molecule has 0 unspecified atom stereocenters. The van der Waals surface area contributed by atoms with E-state index in [0.29, 0.717) is 39.7 Å². The SMILES string of the molecule is CCOc1ncc(-c2cc(C)c3c(O)n(-c4cnn(CC(F)(F)F)c4)c(O)c3n2)cc1OC. The Labute approximate surface area is 185 Å². The molecule has 0 radical (unpaired) electrons. The Hall–Kier alpha value is -3.96. The van der Waals surface area contributed by atoms with Crippen molar-refractivity contribution < 1.29 is 32.9 Å². The highest BCUT2D eigenvalue weighted by Crippen LogP contribution is 2.41. The number of hydrogen-bond acceptors (Lipinski definition) is 7. The average Bonchev–Trinajstić information content (AvgIpc) is 3.29. The molecular formula is C21H20F3N5O4. The molecule has 4 heterocycles. The maximum absolute atomic E-state index is 12.7. The van der Waals surface area contributed by atoms with Crippen LogP contribution in [0.5, 0.6) is 23.4 Å². The smallest absolute Gasteiger partial charge is 0.408 e. The molecule has 0 aliphatic heterocycles. The second-order valence-electron chi connectivity index (χ2n) is 7.21. The molecule has 2 N–H and O–H groups in total. The molecule has 4 aromatic rings. The van der Waals surface area contributed by atoms with Gasteiger partial charge in [0.1, 0.15) is 12.1 Å². The monoisotopic (exact) mass is 463 g/mol. The van der Waals surface area contributed by atoms with Crippen molar-refractivity contribution in [3.8, 4) is 40.3 Å². The van der Waals surface area contributed by atoms with E-state index in [4.69, 9.17) is 9.47 Å². The number of aromatic hydroxyl groups is 2. The number of rotatable bonds is 6. The Morgan fingerprint density at radius 2 is 1.88 bits per heavy atom. The second-order valence-corrected chi connectivity index (χ2v) is 7.21. The van der Waals surface area contributed by atoms with Crippen LogP contribution in [0.4, 0.5) is 13.2 Å². The Kier molecular flexibility index (Phi) is 5.52. The summed E-state index contributed by atoms with van der Waals surface area (Å²) in [6, 6.07) is 3.37. The Bertz CT molecular complexity index is 1330. The summed E-state index contributed by atoms with van der Waals surface area (Å²) in [5.74, 6) is -0.0856. The molecule has 0 saturated heterocycles. The molecule has 0 fully saturated rings. The van der Waals surface area contributed by atoms with Gasteiger partial charge in [0.05, 0.1) is 36.7 Å². The van der Waals surface area contributed by atoms with Gasteiger partial charge in [-0.15, -0.1) is 0 Å². The van der Waals surface area contributed by atoms with E-state index in [0.717, 1.165) is 17.0 Å². The van der Waals surface area contributed by atoms with Crippen LogP contribution in [0.2, 0.25) is 0 Å². The van der Waals surface area contributed by atoms with Gasteiger partial charge in [-0.2, -0.15) is 18.3 Å². The van der Waals surface area contributed by atoms with Gasteiger partial charge in [0.25, 0.3) is 5.88 Å². The zero-order valence-corrected chi connectivity index (χ0v) is 17.9. The van der Waals surface area contributed by atoms with E-state index >= 15 is 0 Å². The van der Waals surface area contributed by atoms with E-state index < -0.39 is 18.6 Å². The van der Waals surface area contributed by atoms with Gasteiger partial charge in [-0.25, -0.2) is 14.5 Å². The van der Waals surface area contributed by atoms with Gasteiger partial charge in [-0.1, -0.05) is 0 Å². The molecule has 12 heteroatoms. The fourth-order valence-electron chi connectivity index (χ4n) is 3.53. The highest BCUT2D eigenvalue weighted by atomic mass is 19.4. The minimum Gasteiger partial charge on any atom is -0.494 e. The Morgan fingerprint density at radius 3 is 2.55 bits per heavy atom. The van der Waals surface area contributed by atoms with Crippen molar-refractivity contribution in [3.05, 3.63) is 36.3 Å². The first-order valence-corrected chi connectivity index (χ1v) is 9.83. The number of aromatic nitrogens is 5. The number of halogens is 3. The highest BCUT2D eigenvalue weighted by molar-refractivity contribution is 5.95. The largest absolute Gasteiger partial charge is 0.494 e. The summed E-state index contributed by atoms with van der Waals surface area (Å²) in [5, 5.41) is 25.5. The van der Waals surface area contributed by atoms with Crippen LogP contribution in [0.25, 0.3) is 27.8 Å². The molecule has 9 nitrogen and oxygen atoms in total. The zero-order valence-electron chi connectivity index (χ0n) is 17.9. The zero-order chi connectivity index (χ0) is 23.9. The van der Waals surface area contributed by atoms with Crippen LogP contribution >= 0.6 is 0 Å². The van der Waals surface area contributed by atoms with Crippen LogP contribution < -0.4 is 9.47 Å². The van der Waals surface area contributed by atoms with E-state index in [9.17, 15) is 23.4 Å². The van der Waals surface area contributed by atoms with Crippen LogP contribution in [0, 0.1) is 6.92 Å². The van der Waals surface area contributed by atoms with Crippen molar-refractivity contribution in [1.29, 1.82) is 0 Å². The topological polar surface area (TPSA) is 107 Å². The number of hydrogen-bond donors (Lipinski definition) is 2. The van der Waals surface area contributed by atoms with E-state index in [2.05, 4.69) is 15.1 Å². The number of aryl methyl sites for hydroxylation is 1. The van der Waals surface area contributed by atoms with Gasteiger partial charge < -0.3 is 19.7 Å². The standard InChI is InChI=1S/C21H20F3N5O4/c1-4-33-18-15(32-3)6-12(7-25-18)14-5-11(2)16-17(27-14)20(31)29(19(16)30)13-8-26-28(9-13)10-21(22,23)24/h5-9,30-31H,4,10H2,1-3H3. The first-order chi connectivity index (χ1) is 15.6. The quantitative estimate of drug-likeness (QED) is 0.446. The molecule has 0 aliphatic rings. The van der Waals surface area contributed by atoms with Gasteiger partial charge in [0.15, 0.2) is 5.75 Å². The van der Waals surface area contributed by atoms with Crippen LogP contribution in [-0.4, -0.2) is 54.4 Å². The Morgan fingerprint density at radius 1 is 1.12 bits per heavy atom. The molecule has 33 heavy (non-hydrogen) atoms. The number of alkyl halides is 3. The number of fused-ring (bicyclic) bond motifs is 1. The molecule has 4 aromatic heterocycles. The first kappa shape index (κ1) is 22.2. The fourth-order valence-corrected chi connectivity index (χ4v) is 3.53. The molecule has 0 spiro atoms. The summed E-state index contributed by atoms with van der Waals surface area (Å²) in [6.07, 6.45) is -0.740. The third-order valence-electron chi connectivity index (χ3n) is 4.91. The van der Waals surface area contributed by atoms with E-state index in [-0.39, 0.29) is 22.5 Å². The summed E-state index contributed by atoms with van der Waals surface area (Å²) in [7, 11) is 1.48. The lowest BCUT2D eigenvalue weighted by molar-refractivity contribution is -0.142. The van der Waals surface area contributed by atoms with Crippen LogP contribution in [0.3, 0.4) is 0 Å². The van der Waals surface area contributed by atoms with Crippen molar-refractivity contribution in [2.45, 2.75) is 26.6 Å². The van der Waals surface area contributed by atoms with E-state index in [1.54, 1.807) is 19.1 Å². The van der Waals surface area contributed by atoms with E-state index in [1.165, 1.54) is 13.3 Å². The summed E-state index contributed by atoms with van der Waals surface area (Å²) in [5.41, 5.74) is 1.72. The molecule has 0 saturated carbocycles. The van der Waals surface area contributed by atoms with Crippen LogP contribution in [-0.2, 0) is 6.54 Å². The predicted octanol–water partition coefficient (Wildman–Crippen LogP) is 3.97. The molecule has 0 bridgehead atoms. The lowest BCUT2D eigenvalue weighted by Crippen LogP contribution is -2.17. The van der Waals surface area contributed by atoms with Crippen molar-refractivity contribution in [3.63, 3.8) is 0 Å². The van der Waals surface area contributed by atoms with Crippen molar-refractivity contribution in [2.75, 3.05) is 13.7 Å². The molecule has 0 atom stereocenters. The highest BCUT2D eigenvalue weighted by Gasteiger charge is 2.29. The number of nitrogens with zero attached hydrogens (tertiary/aromatic N) is 5. The Balaban J connectivity index is 1.81. The molecular weight excluding hydrogens is 443 g/mol. The lowest BCUT2D eigenvalue weighted by Gasteiger charge is -2.10. The van der Waals surface area contributed by atoms with Gasteiger partial charge in [-0.3, -0.25) is 4.68 Å². The minimum absolute atomic E-state index is 0.0533. The van der Waals surface area contributed by atoms with Crippen LogP contribution in [0.15, 0.2) is 30.7 Å². The molecule has 0 amide bonds. The molecule has 0 aromatic carbocycles. The van der Waals surface area contributed by atoms with E-state index in [1.807, 2.05) is 6.92 Å². The normalized spacial score (nSPS) is 11.8. The summed E-state index contributed by atoms with van der Waals surface area (Å²) >= 11 is 0. The molecule has 0 aliphatic carbocycles. The molecule has 174 valence electrons. The second kappa shape index (κ2) is 8.19. The predicted molar refractivity (Wildman–Crippen MR) is 112 cm³/mol. The van der Waals surface area contributed by atoms with Crippen molar-refractivity contribution >= 4 is 10.9 Å². The molecule has 4 rings (SSSR count). The lowest BCUT2D eigenvalue weighted by atomic mass is 10.1. The van der Waals surface area contributed by atoms with Gasteiger partial charge in [-0.05, 0) is 31.5 Å². The number of ether oxygens (including phenoxy) is 2. The summed E-state index contributed by atoms with van der Waals surface area (Å²) < 4.78 is 50.4. The van der Waals surface area contributed by atoms with Gasteiger partial charge in [0, 0.05) is 18.0 Å². The maximum atomic E-state index is 12.7. The fraction of sp³-hybridized carbons (Fsp3) is 0.286. The van der Waals surface area contributed by atoms with Crippen molar-refractivity contribution in [1.82, 2.24) is 24.3 Å². The first-order valence-electron chi connectivity index (χ1n) is 9.83. The summed E-state index contributed by atoms with van der Waals surface area (Å²) in [6.45, 7) is 2.64. The van der Waals surface area contributed by atoms with Gasteiger partial charge in [0.2, 0.25) is 11.8 Å². The van der Waals surface area contributed by atoms with Crippen LogP contribution in [0.1, 0.15) is 12.5 Å². The minimum atomic E-state index is -4.46. The van der Waals surface area contributed by atoms with Gasteiger partial charge >= 0.3 is 6.18 Å². The average molecular weight is 463 g/mol. The number of methoxy groups -OCH3 is 1. The number of pyridine rings is 2. The maximum Gasteiger partial charge on any atom is 0.408 e.